The Hall–Kier alpha value is -2.41. The Morgan fingerprint density at radius 2 is 2.22 bits per heavy atom. The summed E-state index contributed by atoms with van der Waals surface area (Å²) in [6, 6.07) is 7.73. The molecule has 0 fully saturated rings. The first-order valence-corrected chi connectivity index (χ1v) is 8.27. The number of thioether (sulfide) groups is 1. The van der Waals surface area contributed by atoms with Crippen molar-refractivity contribution in [2.45, 2.75) is 19.0 Å². The van der Waals surface area contributed by atoms with Crippen LogP contribution in [0.3, 0.4) is 0 Å². The number of aromatic amines is 1. The predicted molar refractivity (Wildman–Crippen MR) is 90.7 cm³/mol. The summed E-state index contributed by atoms with van der Waals surface area (Å²) in [6.07, 6.45) is 1.47. The molecule has 3 aromatic rings. The number of benzene rings is 1. The fourth-order valence-corrected chi connectivity index (χ4v) is 3.02. The summed E-state index contributed by atoms with van der Waals surface area (Å²) in [4.78, 5) is 21.1. The standard InChI is InChI=1S/C16H17N5OS/c1-10-4-3-5-12-13(8-11(2)20-14(10)12)15(22)17-6-7-23-16-18-9-19-21-16/h3-5,8-9H,6-7H2,1-2H3,(H,17,22)(H,18,19,21). The molecule has 0 aliphatic rings. The summed E-state index contributed by atoms with van der Waals surface area (Å²) in [5.41, 5.74) is 3.46. The number of amides is 1. The van der Waals surface area contributed by atoms with Gasteiger partial charge in [-0.2, -0.15) is 5.10 Å². The van der Waals surface area contributed by atoms with Crippen molar-refractivity contribution >= 4 is 28.6 Å². The zero-order valence-corrected chi connectivity index (χ0v) is 13.8. The lowest BCUT2D eigenvalue weighted by Crippen LogP contribution is -2.26. The Labute approximate surface area is 138 Å². The fraction of sp³-hybridized carbons (Fsp3) is 0.250. The number of para-hydroxylation sites is 1. The van der Waals surface area contributed by atoms with Crippen LogP contribution in [0.15, 0.2) is 35.7 Å². The molecule has 0 radical (unpaired) electrons. The molecule has 0 saturated heterocycles. The monoisotopic (exact) mass is 327 g/mol. The molecular formula is C16H17N5OS. The molecule has 0 spiro atoms. The molecule has 0 unspecified atom stereocenters. The van der Waals surface area contributed by atoms with Gasteiger partial charge in [0.25, 0.3) is 5.91 Å². The highest BCUT2D eigenvalue weighted by atomic mass is 32.2. The molecule has 0 aliphatic carbocycles. The molecule has 2 aromatic heterocycles. The number of aromatic nitrogens is 4. The number of nitrogens with one attached hydrogen (secondary N) is 2. The van der Waals surface area contributed by atoms with E-state index in [1.165, 1.54) is 18.1 Å². The van der Waals surface area contributed by atoms with Crippen LogP contribution in [0.25, 0.3) is 10.9 Å². The van der Waals surface area contributed by atoms with Crippen molar-refractivity contribution in [2.75, 3.05) is 12.3 Å². The van der Waals surface area contributed by atoms with E-state index < -0.39 is 0 Å². The van der Waals surface area contributed by atoms with Crippen LogP contribution in [0.2, 0.25) is 0 Å². The number of fused-ring (bicyclic) bond motifs is 1. The lowest BCUT2D eigenvalue weighted by atomic mass is 10.0. The van der Waals surface area contributed by atoms with Gasteiger partial charge >= 0.3 is 0 Å². The highest BCUT2D eigenvalue weighted by Crippen LogP contribution is 2.21. The average molecular weight is 327 g/mol. The van der Waals surface area contributed by atoms with E-state index in [1.807, 2.05) is 38.1 Å². The molecular weight excluding hydrogens is 310 g/mol. The van der Waals surface area contributed by atoms with Crippen molar-refractivity contribution in [2.24, 2.45) is 0 Å². The molecule has 0 aliphatic heterocycles. The van der Waals surface area contributed by atoms with Gasteiger partial charge in [0.15, 0.2) is 5.16 Å². The van der Waals surface area contributed by atoms with E-state index in [4.69, 9.17) is 0 Å². The number of carbonyl (C=O) groups is 1. The van der Waals surface area contributed by atoms with Crippen molar-refractivity contribution < 1.29 is 4.79 Å². The van der Waals surface area contributed by atoms with Gasteiger partial charge in [0.05, 0.1) is 11.1 Å². The van der Waals surface area contributed by atoms with Crippen LogP contribution >= 0.6 is 11.8 Å². The number of hydrogen-bond acceptors (Lipinski definition) is 5. The van der Waals surface area contributed by atoms with Gasteiger partial charge in [-0.05, 0) is 25.5 Å². The summed E-state index contributed by atoms with van der Waals surface area (Å²) in [6.45, 7) is 4.46. The van der Waals surface area contributed by atoms with E-state index >= 15 is 0 Å². The minimum Gasteiger partial charge on any atom is -0.351 e. The molecule has 1 amide bonds. The van der Waals surface area contributed by atoms with Gasteiger partial charge in [0, 0.05) is 23.4 Å². The molecule has 2 heterocycles. The van der Waals surface area contributed by atoms with Crippen molar-refractivity contribution in [1.29, 1.82) is 0 Å². The first-order chi connectivity index (χ1) is 11.1. The fourth-order valence-electron chi connectivity index (χ4n) is 2.38. The van der Waals surface area contributed by atoms with Gasteiger partial charge < -0.3 is 5.32 Å². The van der Waals surface area contributed by atoms with E-state index in [-0.39, 0.29) is 5.91 Å². The third-order valence-electron chi connectivity index (χ3n) is 3.43. The maximum atomic E-state index is 12.5. The van der Waals surface area contributed by atoms with Crippen LogP contribution in [0.5, 0.6) is 0 Å². The zero-order chi connectivity index (χ0) is 16.2. The molecule has 0 atom stereocenters. The number of H-pyrrole nitrogens is 1. The number of pyridine rings is 1. The second-order valence-electron chi connectivity index (χ2n) is 5.18. The molecule has 7 heteroatoms. The summed E-state index contributed by atoms with van der Waals surface area (Å²) < 4.78 is 0. The number of hydrogen-bond donors (Lipinski definition) is 2. The predicted octanol–water partition coefficient (Wildman–Crippen LogP) is 2.49. The second-order valence-corrected chi connectivity index (χ2v) is 6.26. The normalized spacial score (nSPS) is 10.9. The number of rotatable bonds is 5. The number of aryl methyl sites for hydroxylation is 2. The molecule has 0 saturated carbocycles. The van der Waals surface area contributed by atoms with E-state index in [9.17, 15) is 4.79 Å². The van der Waals surface area contributed by atoms with E-state index in [1.54, 1.807) is 0 Å². The minimum absolute atomic E-state index is 0.0794. The smallest absolute Gasteiger partial charge is 0.252 e. The van der Waals surface area contributed by atoms with Crippen LogP contribution < -0.4 is 5.32 Å². The Kier molecular flexibility index (Phi) is 4.57. The second kappa shape index (κ2) is 6.78. The summed E-state index contributed by atoms with van der Waals surface area (Å²) >= 11 is 1.52. The Morgan fingerprint density at radius 3 is 3.00 bits per heavy atom. The van der Waals surface area contributed by atoms with Gasteiger partial charge in [-0.1, -0.05) is 30.0 Å². The third kappa shape index (κ3) is 3.50. The molecule has 2 N–H and O–H groups in total. The topological polar surface area (TPSA) is 83.6 Å². The Balaban J connectivity index is 1.72. The van der Waals surface area contributed by atoms with Gasteiger partial charge in [0.2, 0.25) is 0 Å². The van der Waals surface area contributed by atoms with Crippen molar-refractivity contribution in [3.05, 3.63) is 47.4 Å². The highest BCUT2D eigenvalue weighted by molar-refractivity contribution is 7.99. The quantitative estimate of drug-likeness (QED) is 0.556. The van der Waals surface area contributed by atoms with Gasteiger partial charge in [-0.15, -0.1) is 0 Å². The molecule has 3 rings (SSSR count). The Bertz CT molecular complexity index is 832. The first-order valence-electron chi connectivity index (χ1n) is 7.28. The number of carbonyl (C=O) groups excluding carboxylic acids is 1. The third-order valence-corrected chi connectivity index (χ3v) is 4.31. The molecule has 0 bridgehead atoms. The summed E-state index contributed by atoms with van der Waals surface area (Å²) in [7, 11) is 0. The van der Waals surface area contributed by atoms with Crippen LogP contribution in [0.4, 0.5) is 0 Å². The maximum absolute atomic E-state index is 12.5. The van der Waals surface area contributed by atoms with Gasteiger partial charge in [0.1, 0.15) is 6.33 Å². The highest BCUT2D eigenvalue weighted by Gasteiger charge is 2.12. The van der Waals surface area contributed by atoms with Crippen LogP contribution in [0.1, 0.15) is 21.6 Å². The van der Waals surface area contributed by atoms with Crippen molar-refractivity contribution in [1.82, 2.24) is 25.5 Å². The SMILES string of the molecule is Cc1cc(C(=O)NCCSc2ncn[nH]2)c2cccc(C)c2n1. The first kappa shape index (κ1) is 15.5. The average Bonchev–Trinajstić information content (AvgIpc) is 3.05. The summed E-state index contributed by atoms with van der Waals surface area (Å²) in [5, 5.41) is 11.1. The minimum atomic E-state index is -0.0794. The van der Waals surface area contributed by atoms with Gasteiger partial charge in [-0.3, -0.25) is 14.9 Å². The lowest BCUT2D eigenvalue weighted by Gasteiger charge is -2.10. The van der Waals surface area contributed by atoms with Gasteiger partial charge in [-0.25, -0.2) is 4.98 Å². The molecule has 23 heavy (non-hydrogen) atoms. The summed E-state index contributed by atoms with van der Waals surface area (Å²) in [5.74, 6) is 0.645. The molecule has 6 nitrogen and oxygen atoms in total. The molecule has 1 aromatic carbocycles. The van der Waals surface area contributed by atoms with Crippen molar-refractivity contribution in [3.63, 3.8) is 0 Å². The van der Waals surface area contributed by atoms with E-state index in [2.05, 4.69) is 25.5 Å². The largest absolute Gasteiger partial charge is 0.351 e. The van der Waals surface area contributed by atoms with Crippen LogP contribution in [0, 0.1) is 13.8 Å². The lowest BCUT2D eigenvalue weighted by molar-refractivity contribution is 0.0957. The molecule has 118 valence electrons. The van der Waals surface area contributed by atoms with Crippen molar-refractivity contribution in [3.8, 4) is 0 Å². The zero-order valence-electron chi connectivity index (χ0n) is 13.0. The van der Waals surface area contributed by atoms with Crippen LogP contribution in [-0.2, 0) is 0 Å². The van der Waals surface area contributed by atoms with Crippen LogP contribution in [-0.4, -0.2) is 38.4 Å². The van der Waals surface area contributed by atoms with E-state index in [0.29, 0.717) is 12.1 Å². The Morgan fingerprint density at radius 1 is 1.35 bits per heavy atom. The maximum Gasteiger partial charge on any atom is 0.252 e. The van der Waals surface area contributed by atoms with E-state index in [0.717, 1.165) is 33.1 Å². The number of nitrogens with zero attached hydrogens (tertiary/aromatic N) is 3.